The lowest BCUT2D eigenvalue weighted by Crippen LogP contribution is -2.48. The van der Waals surface area contributed by atoms with Gasteiger partial charge in [0.25, 0.3) is 5.56 Å². The molecule has 1 aromatic heterocycles. The summed E-state index contributed by atoms with van der Waals surface area (Å²) in [5.41, 5.74) is 0.940. The standard InChI is InChI=1S/C18H23FN4O/c1-2-16(13-5-7-14(19)8-6-13)22-15-4-3-11-23(12-15)17-18(24)21-10-9-20-17/h5-10,15-16,22H,2-4,11-12H2,1H3,(H,21,24)/t15-,16-/m0/s1. The average Bonchev–Trinajstić information content (AvgIpc) is 2.61. The first kappa shape index (κ1) is 16.6. The Kier molecular flexibility index (Phi) is 5.25. The summed E-state index contributed by atoms with van der Waals surface area (Å²) < 4.78 is 13.1. The van der Waals surface area contributed by atoms with Crippen LogP contribution in [0.2, 0.25) is 0 Å². The van der Waals surface area contributed by atoms with E-state index in [-0.39, 0.29) is 23.5 Å². The van der Waals surface area contributed by atoms with Crippen molar-refractivity contribution in [2.24, 2.45) is 0 Å². The van der Waals surface area contributed by atoms with Crippen molar-refractivity contribution in [3.05, 3.63) is 58.4 Å². The van der Waals surface area contributed by atoms with Crippen molar-refractivity contribution in [2.75, 3.05) is 18.0 Å². The number of piperidine rings is 1. The molecule has 24 heavy (non-hydrogen) atoms. The molecule has 2 aromatic rings. The molecule has 0 amide bonds. The van der Waals surface area contributed by atoms with Gasteiger partial charge in [0.15, 0.2) is 5.82 Å². The van der Waals surface area contributed by atoms with Gasteiger partial charge in [0.05, 0.1) is 0 Å². The van der Waals surface area contributed by atoms with Crippen LogP contribution < -0.4 is 15.8 Å². The summed E-state index contributed by atoms with van der Waals surface area (Å²) in [6, 6.07) is 7.12. The molecule has 1 aromatic carbocycles. The van der Waals surface area contributed by atoms with Crippen LogP contribution in [0.3, 0.4) is 0 Å². The molecule has 0 saturated carbocycles. The molecular formula is C18H23FN4O. The number of aromatic nitrogens is 2. The number of aromatic amines is 1. The average molecular weight is 330 g/mol. The predicted molar refractivity (Wildman–Crippen MR) is 92.7 cm³/mol. The maximum atomic E-state index is 13.1. The minimum Gasteiger partial charge on any atom is -0.350 e. The van der Waals surface area contributed by atoms with Gasteiger partial charge < -0.3 is 15.2 Å². The molecule has 128 valence electrons. The number of nitrogens with one attached hydrogen (secondary N) is 2. The summed E-state index contributed by atoms with van der Waals surface area (Å²) in [4.78, 5) is 20.9. The zero-order chi connectivity index (χ0) is 16.9. The molecule has 1 saturated heterocycles. The van der Waals surface area contributed by atoms with Crippen LogP contribution in [0, 0.1) is 5.82 Å². The van der Waals surface area contributed by atoms with E-state index >= 15 is 0 Å². The van der Waals surface area contributed by atoms with Gasteiger partial charge in [0.2, 0.25) is 0 Å². The van der Waals surface area contributed by atoms with Crippen molar-refractivity contribution >= 4 is 5.82 Å². The zero-order valence-corrected chi connectivity index (χ0v) is 13.8. The Balaban J connectivity index is 1.69. The highest BCUT2D eigenvalue weighted by atomic mass is 19.1. The Bertz CT molecular complexity index is 715. The lowest BCUT2D eigenvalue weighted by molar-refractivity contribution is 0.370. The molecule has 0 unspecified atom stereocenters. The lowest BCUT2D eigenvalue weighted by Gasteiger charge is -2.35. The number of H-pyrrole nitrogens is 1. The van der Waals surface area contributed by atoms with Crippen molar-refractivity contribution < 1.29 is 4.39 Å². The number of hydrogen-bond donors (Lipinski definition) is 2. The second-order valence-electron chi connectivity index (χ2n) is 6.21. The molecule has 5 nitrogen and oxygen atoms in total. The summed E-state index contributed by atoms with van der Waals surface area (Å²) in [7, 11) is 0. The first-order chi connectivity index (χ1) is 11.7. The molecule has 2 N–H and O–H groups in total. The second kappa shape index (κ2) is 7.57. The first-order valence-electron chi connectivity index (χ1n) is 8.47. The third kappa shape index (κ3) is 3.82. The van der Waals surface area contributed by atoms with E-state index in [2.05, 4.69) is 22.2 Å². The van der Waals surface area contributed by atoms with Crippen LogP contribution in [0.1, 0.15) is 37.8 Å². The van der Waals surface area contributed by atoms with Crippen molar-refractivity contribution in [2.45, 2.75) is 38.3 Å². The maximum absolute atomic E-state index is 13.1. The highest BCUT2D eigenvalue weighted by Gasteiger charge is 2.24. The number of benzene rings is 1. The Morgan fingerprint density at radius 3 is 2.92 bits per heavy atom. The molecule has 2 heterocycles. The topological polar surface area (TPSA) is 61.0 Å². The van der Waals surface area contributed by atoms with Gasteiger partial charge in [0, 0.05) is 37.6 Å². The van der Waals surface area contributed by atoms with Gasteiger partial charge in [-0.2, -0.15) is 0 Å². The van der Waals surface area contributed by atoms with Crippen LogP contribution in [-0.4, -0.2) is 29.1 Å². The molecule has 0 spiro atoms. The molecule has 0 bridgehead atoms. The van der Waals surface area contributed by atoms with E-state index in [0.717, 1.165) is 37.9 Å². The summed E-state index contributed by atoms with van der Waals surface area (Å²) in [5, 5.41) is 3.66. The summed E-state index contributed by atoms with van der Waals surface area (Å²) in [6.07, 6.45) is 6.15. The maximum Gasteiger partial charge on any atom is 0.290 e. The van der Waals surface area contributed by atoms with Gasteiger partial charge in [-0.25, -0.2) is 9.37 Å². The molecule has 6 heteroatoms. The van der Waals surface area contributed by atoms with Crippen molar-refractivity contribution in [3.63, 3.8) is 0 Å². The van der Waals surface area contributed by atoms with Crippen LogP contribution in [0.5, 0.6) is 0 Å². The predicted octanol–water partition coefficient (Wildman–Crippen LogP) is 2.62. The van der Waals surface area contributed by atoms with Crippen LogP contribution in [-0.2, 0) is 0 Å². The minimum atomic E-state index is -0.216. The normalized spacial score (nSPS) is 19.2. The van der Waals surface area contributed by atoms with E-state index in [9.17, 15) is 9.18 Å². The molecule has 1 fully saturated rings. The fourth-order valence-electron chi connectivity index (χ4n) is 3.30. The fraction of sp³-hybridized carbons (Fsp3) is 0.444. The van der Waals surface area contributed by atoms with E-state index in [1.165, 1.54) is 12.1 Å². The Labute approximate surface area is 140 Å². The van der Waals surface area contributed by atoms with E-state index in [1.54, 1.807) is 12.4 Å². The van der Waals surface area contributed by atoms with Crippen molar-refractivity contribution in [1.29, 1.82) is 0 Å². The van der Waals surface area contributed by atoms with Crippen LogP contribution in [0.4, 0.5) is 10.2 Å². The first-order valence-corrected chi connectivity index (χ1v) is 8.47. The molecule has 2 atom stereocenters. The van der Waals surface area contributed by atoms with Gasteiger partial charge in [-0.15, -0.1) is 0 Å². The summed E-state index contributed by atoms with van der Waals surface area (Å²) in [6.45, 7) is 3.70. The van der Waals surface area contributed by atoms with E-state index in [4.69, 9.17) is 0 Å². The zero-order valence-electron chi connectivity index (χ0n) is 13.8. The SMILES string of the molecule is CC[C@H](N[C@H]1CCCN(c2ncc[nH]c2=O)C1)c1ccc(F)cc1. The quantitative estimate of drug-likeness (QED) is 0.885. The highest BCUT2D eigenvalue weighted by molar-refractivity contribution is 5.36. The third-order valence-electron chi connectivity index (χ3n) is 4.53. The number of rotatable bonds is 5. The van der Waals surface area contributed by atoms with E-state index in [1.807, 2.05) is 17.0 Å². The van der Waals surface area contributed by atoms with Crippen molar-refractivity contribution in [1.82, 2.24) is 15.3 Å². The summed E-state index contributed by atoms with van der Waals surface area (Å²) >= 11 is 0. The van der Waals surface area contributed by atoms with Crippen LogP contribution in [0.25, 0.3) is 0 Å². The van der Waals surface area contributed by atoms with E-state index in [0.29, 0.717) is 5.82 Å². The number of halogens is 1. The number of hydrogen-bond acceptors (Lipinski definition) is 4. The van der Waals surface area contributed by atoms with E-state index < -0.39 is 0 Å². The third-order valence-corrected chi connectivity index (χ3v) is 4.53. The largest absolute Gasteiger partial charge is 0.350 e. The van der Waals surface area contributed by atoms with Crippen molar-refractivity contribution in [3.8, 4) is 0 Å². The summed E-state index contributed by atoms with van der Waals surface area (Å²) in [5.74, 6) is 0.269. The minimum absolute atomic E-state index is 0.149. The van der Waals surface area contributed by atoms with Gasteiger partial charge in [-0.1, -0.05) is 19.1 Å². The van der Waals surface area contributed by atoms with Gasteiger partial charge >= 0.3 is 0 Å². The molecule has 1 aliphatic rings. The molecule has 0 aliphatic carbocycles. The van der Waals surface area contributed by atoms with Crippen LogP contribution >= 0.6 is 0 Å². The van der Waals surface area contributed by atoms with Gasteiger partial charge in [0.1, 0.15) is 5.82 Å². The smallest absolute Gasteiger partial charge is 0.290 e. The van der Waals surface area contributed by atoms with Gasteiger partial charge in [-0.05, 0) is 37.0 Å². The Morgan fingerprint density at radius 2 is 2.21 bits per heavy atom. The lowest BCUT2D eigenvalue weighted by atomic mass is 10.00. The molecule has 3 rings (SSSR count). The Morgan fingerprint density at radius 1 is 1.42 bits per heavy atom. The highest BCUT2D eigenvalue weighted by Crippen LogP contribution is 2.21. The number of anilines is 1. The Hall–Kier alpha value is -2.21. The molecule has 1 aliphatic heterocycles. The second-order valence-corrected chi connectivity index (χ2v) is 6.21. The fourth-order valence-corrected chi connectivity index (χ4v) is 3.30. The number of nitrogens with zero attached hydrogens (tertiary/aromatic N) is 2. The van der Waals surface area contributed by atoms with Crippen LogP contribution in [0.15, 0.2) is 41.5 Å². The molecule has 0 radical (unpaired) electrons. The van der Waals surface area contributed by atoms with Gasteiger partial charge in [-0.3, -0.25) is 4.79 Å². The monoisotopic (exact) mass is 330 g/mol. The molecular weight excluding hydrogens is 307 g/mol.